The molecule has 7 heteroatoms. The zero-order valence-corrected chi connectivity index (χ0v) is 13.8. The van der Waals surface area contributed by atoms with E-state index in [-0.39, 0.29) is 30.2 Å². The Kier molecular flexibility index (Phi) is 4.64. The van der Waals surface area contributed by atoms with Crippen molar-refractivity contribution in [2.45, 2.75) is 37.6 Å². The van der Waals surface area contributed by atoms with Gasteiger partial charge in [-0.3, -0.25) is 9.59 Å². The predicted molar refractivity (Wildman–Crippen MR) is 88.6 cm³/mol. The van der Waals surface area contributed by atoms with Crippen LogP contribution in [0.2, 0.25) is 0 Å². The van der Waals surface area contributed by atoms with E-state index in [1.807, 2.05) is 12.1 Å². The highest BCUT2D eigenvalue weighted by Crippen LogP contribution is 2.26. The van der Waals surface area contributed by atoms with E-state index in [0.717, 1.165) is 10.1 Å². The van der Waals surface area contributed by atoms with Crippen LogP contribution < -0.4 is 5.56 Å². The summed E-state index contributed by atoms with van der Waals surface area (Å²) in [5.41, 5.74) is -0.295. The van der Waals surface area contributed by atoms with E-state index >= 15 is 0 Å². The molecule has 1 aromatic carbocycles. The second-order valence-electron chi connectivity index (χ2n) is 6.11. The summed E-state index contributed by atoms with van der Waals surface area (Å²) in [7, 11) is 3.19. The van der Waals surface area contributed by atoms with Crippen LogP contribution in [0.15, 0.2) is 35.3 Å². The third kappa shape index (κ3) is 2.92. The Morgan fingerprint density at radius 3 is 2.88 bits per heavy atom. The van der Waals surface area contributed by atoms with Crippen LogP contribution in [0.5, 0.6) is 0 Å². The highest BCUT2D eigenvalue weighted by Gasteiger charge is 2.38. The number of aliphatic hydroxyl groups is 1. The fourth-order valence-corrected chi connectivity index (χ4v) is 3.27. The number of carbonyl (C=O) groups excluding carboxylic acids is 1. The molecule has 1 aromatic heterocycles. The minimum absolute atomic E-state index is 0.152. The molecule has 24 heavy (non-hydrogen) atoms. The summed E-state index contributed by atoms with van der Waals surface area (Å²) in [4.78, 5) is 26.4. The van der Waals surface area contributed by atoms with Crippen molar-refractivity contribution in [3.05, 3.63) is 40.8 Å². The van der Waals surface area contributed by atoms with Crippen molar-refractivity contribution in [3.8, 4) is 0 Å². The number of rotatable bonds is 4. The Morgan fingerprint density at radius 1 is 1.42 bits per heavy atom. The van der Waals surface area contributed by atoms with E-state index in [4.69, 9.17) is 4.74 Å². The molecule has 0 aliphatic heterocycles. The van der Waals surface area contributed by atoms with Crippen molar-refractivity contribution >= 4 is 16.7 Å². The van der Waals surface area contributed by atoms with Crippen LogP contribution in [0.1, 0.15) is 12.8 Å². The van der Waals surface area contributed by atoms with Gasteiger partial charge in [-0.25, -0.2) is 4.68 Å². The SMILES string of the molecule is CO[C@@H]1CC[C@@H](N(C)C(=O)Cn2ncc3ccccc3c2=O)[C@H]1O. The molecule has 1 amide bonds. The number of ether oxygens (including phenoxy) is 1. The Morgan fingerprint density at radius 2 is 2.17 bits per heavy atom. The summed E-state index contributed by atoms with van der Waals surface area (Å²) in [6.07, 6.45) is 1.97. The minimum Gasteiger partial charge on any atom is -0.388 e. The first kappa shape index (κ1) is 16.6. The third-order valence-electron chi connectivity index (χ3n) is 4.76. The molecule has 0 saturated heterocycles. The Bertz CT molecular complexity index is 804. The van der Waals surface area contributed by atoms with Gasteiger partial charge in [0.25, 0.3) is 5.56 Å². The number of hydrogen-bond acceptors (Lipinski definition) is 5. The lowest BCUT2D eigenvalue weighted by Gasteiger charge is -2.28. The number of fused-ring (bicyclic) bond motifs is 1. The number of methoxy groups -OCH3 is 1. The first-order valence-electron chi connectivity index (χ1n) is 7.94. The number of hydrogen-bond donors (Lipinski definition) is 1. The van der Waals surface area contributed by atoms with Gasteiger partial charge in [-0.1, -0.05) is 18.2 Å². The lowest BCUT2D eigenvalue weighted by atomic mass is 10.1. The Hall–Kier alpha value is -2.25. The van der Waals surface area contributed by atoms with Crippen LogP contribution >= 0.6 is 0 Å². The Labute approximate surface area is 139 Å². The molecule has 0 bridgehead atoms. The van der Waals surface area contributed by atoms with Gasteiger partial charge in [0.15, 0.2) is 0 Å². The van der Waals surface area contributed by atoms with Gasteiger partial charge in [-0.05, 0) is 18.9 Å². The van der Waals surface area contributed by atoms with E-state index in [1.165, 1.54) is 4.90 Å². The van der Waals surface area contributed by atoms with Crippen molar-refractivity contribution in [2.24, 2.45) is 0 Å². The number of aromatic nitrogens is 2. The second kappa shape index (κ2) is 6.70. The number of benzene rings is 1. The highest BCUT2D eigenvalue weighted by atomic mass is 16.5. The summed E-state index contributed by atoms with van der Waals surface area (Å²) in [5.74, 6) is -0.263. The molecule has 2 aromatic rings. The van der Waals surface area contributed by atoms with Crippen molar-refractivity contribution in [2.75, 3.05) is 14.2 Å². The molecule has 0 unspecified atom stereocenters. The van der Waals surface area contributed by atoms with Gasteiger partial charge in [-0.2, -0.15) is 5.10 Å². The molecule has 1 heterocycles. The molecular formula is C17H21N3O4. The summed E-state index contributed by atoms with van der Waals surface area (Å²) in [5, 5.41) is 15.6. The third-order valence-corrected chi connectivity index (χ3v) is 4.76. The standard InChI is InChI=1S/C17H21N3O4/c1-19(13-7-8-14(24-2)16(13)22)15(21)10-20-17(23)12-6-4-3-5-11(12)9-18-20/h3-6,9,13-14,16,22H,7-8,10H2,1-2H3/t13-,14-,16-/m1/s1. The monoisotopic (exact) mass is 331 g/mol. The molecule has 0 radical (unpaired) electrons. The quantitative estimate of drug-likeness (QED) is 0.876. The molecule has 1 N–H and O–H groups in total. The summed E-state index contributed by atoms with van der Waals surface area (Å²) < 4.78 is 6.38. The molecule has 128 valence electrons. The normalized spacial score (nSPS) is 23.5. The van der Waals surface area contributed by atoms with Gasteiger partial charge < -0.3 is 14.7 Å². The van der Waals surface area contributed by atoms with E-state index in [2.05, 4.69) is 5.10 Å². The second-order valence-corrected chi connectivity index (χ2v) is 6.11. The van der Waals surface area contributed by atoms with Crippen LogP contribution in [0.25, 0.3) is 10.8 Å². The lowest BCUT2D eigenvalue weighted by Crippen LogP contribution is -2.46. The van der Waals surface area contributed by atoms with E-state index in [9.17, 15) is 14.7 Å². The largest absolute Gasteiger partial charge is 0.388 e. The van der Waals surface area contributed by atoms with Crippen LogP contribution in [-0.4, -0.2) is 58.1 Å². The molecule has 0 spiro atoms. The summed E-state index contributed by atoms with van der Waals surface area (Å²) in [6.45, 7) is -0.152. The van der Waals surface area contributed by atoms with E-state index in [1.54, 1.807) is 32.5 Å². The molecule has 3 rings (SSSR count). The van der Waals surface area contributed by atoms with Crippen LogP contribution in [0.4, 0.5) is 0 Å². The molecule has 3 atom stereocenters. The maximum Gasteiger partial charge on any atom is 0.275 e. The lowest BCUT2D eigenvalue weighted by molar-refractivity contribution is -0.135. The summed E-state index contributed by atoms with van der Waals surface area (Å²) >= 11 is 0. The molecular weight excluding hydrogens is 310 g/mol. The van der Waals surface area contributed by atoms with Crippen LogP contribution in [0.3, 0.4) is 0 Å². The van der Waals surface area contributed by atoms with Gasteiger partial charge in [0.1, 0.15) is 12.6 Å². The molecule has 1 aliphatic carbocycles. The predicted octanol–water partition coefficient (Wildman–Crippen LogP) is 0.393. The number of likely N-dealkylation sites (N-methyl/N-ethyl adjacent to an activating group) is 1. The average Bonchev–Trinajstić information content (AvgIpc) is 2.97. The van der Waals surface area contributed by atoms with Crippen molar-refractivity contribution < 1.29 is 14.6 Å². The molecule has 1 fully saturated rings. The molecule has 1 saturated carbocycles. The molecule has 7 nitrogen and oxygen atoms in total. The number of aliphatic hydroxyl groups excluding tert-OH is 1. The van der Waals surface area contributed by atoms with Gasteiger partial charge in [0.2, 0.25) is 5.91 Å². The highest BCUT2D eigenvalue weighted by molar-refractivity contribution is 5.81. The fourth-order valence-electron chi connectivity index (χ4n) is 3.27. The van der Waals surface area contributed by atoms with Crippen LogP contribution in [-0.2, 0) is 16.1 Å². The summed E-state index contributed by atoms with van der Waals surface area (Å²) in [6, 6.07) is 6.83. The van der Waals surface area contributed by atoms with E-state index in [0.29, 0.717) is 18.2 Å². The first-order valence-corrected chi connectivity index (χ1v) is 7.94. The average molecular weight is 331 g/mol. The zero-order valence-electron chi connectivity index (χ0n) is 13.8. The van der Waals surface area contributed by atoms with Gasteiger partial charge in [0.05, 0.1) is 23.7 Å². The van der Waals surface area contributed by atoms with Gasteiger partial charge in [0, 0.05) is 19.5 Å². The first-order chi connectivity index (χ1) is 11.5. The van der Waals surface area contributed by atoms with Crippen molar-refractivity contribution in [1.29, 1.82) is 0 Å². The fraction of sp³-hybridized carbons (Fsp3) is 0.471. The molecule has 1 aliphatic rings. The van der Waals surface area contributed by atoms with Crippen molar-refractivity contribution in [1.82, 2.24) is 14.7 Å². The minimum atomic E-state index is -0.717. The van der Waals surface area contributed by atoms with Crippen molar-refractivity contribution in [3.63, 3.8) is 0 Å². The maximum absolute atomic E-state index is 12.5. The topological polar surface area (TPSA) is 84.7 Å². The smallest absolute Gasteiger partial charge is 0.275 e. The Balaban J connectivity index is 1.78. The number of amides is 1. The van der Waals surface area contributed by atoms with E-state index < -0.39 is 6.10 Å². The van der Waals surface area contributed by atoms with Gasteiger partial charge in [-0.15, -0.1) is 0 Å². The van der Waals surface area contributed by atoms with Gasteiger partial charge >= 0.3 is 0 Å². The van der Waals surface area contributed by atoms with Crippen LogP contribution in [0, 0.1) is 0 Å². The maximum atomic E-state index is 12.5. The zero-order chi connectivity index (χ0) is 17.3. The number of nitrogens with zero attached hydrogens (tertiary/aromatic N) is 3. The number of carbonyl (C=O) groups is 1.